The van der Waals surface area contributed by atoms with Crippen molar-refractivity contribution >= 4 is 23.5 Å². The molecule has 4 nitrogen and oxygen atoms in total. The van der Waals surface area contributed by atoms with Crippen LogP contribution in [-0.2, 0) is 9.47 Å². The van der Waals surface area contributed by atoms with E-state index in [0.29, 0.717) is 0 Å². The third kappa shape index (κ3) is 59.0. The first kappa shape index (κ1) is 49.2. The van der Waals surface area contributed by atoms with Crippen LogP contribution < -0.4 is 10.6 Å². The van der Waals surface area contributed by atoms with E-state index in [2.05, 4.69) is 34.2 Å². The first-order chi connectivity index (χ1) is 19.5. The number of morpholine rings is 1. The van der Waals surface area contributed by atoms with Crippen molar-refractivity contribution in [3.8, 4) is 0 Å². The molecule has 5 rings (SSSR count). The van der Waals surface area contributed by atoms with Crippen molar-refractivity contribution in [2.24, 2.45) is 0 Å². The largest absolute Gasteiger partial charge is 0.381 e. The average molecular weight is 599 g/mol. The molecule has 0 aromatic heterocycles. The lowest BCUT2D eigenvalue weighted by molar-refractivity contribution is 0.0968. The van der Waals surface area contributed by atoms with Crippen LogP contribution in [0.1, 0.15) is 140 Å². The molecule has 0 radical (unpaired) electrons. The summed E-state index contributed by atoms with van der Waals surface area (Å²) in [6, 6.07) is 0. The molecule has 0 saturated carbocycles. The monoisotopic (exact) mass is 599 g/mol. The van der Waals surface area contributed by atoms with Crippen LogP contribution in [0.15, 0.2) is 0 Å². The lowest BCUT2D eigenvalue weighted by Gasteiger charge is -2.10. The Bertz CT molecular complexity index is 194. The molecule has 5 heterocycles. The molecule has 0 aromatic carbocycles. The van der Waals surface area contributed by atoms with Gasteiger partial charge in [-0.05, 0) is 93.9 Å². The van der Waals surface area contributed by atoms with Gasteiger partial charge in [0.25, 0.3) is 0 Å². The van der Waals surface area contributed by atoms with E-state index >= 15 is 0 Å². The molecule has 6 heteroatoms. The minimum absolute atomic E-state index is 0.889. The summed E-state index contributed by atoms with van der Waals surface area (Å²) < 4.78 is 10.1. The third-order valence-corrected chi connectivity index (χ3v) is 7.34. The summed E-state index contributed by atoms with van der Waals surface area (Å²) in [6.45, 7) is 28.3. The summed E-state index contributed by atoms with van der Waals surface area (Å²) in [5, 5.41) is 6.44. The molecule has 5 aliphatic rings. The number of piperidine rings is 1. The molecule has 0 aromatic rings. The molecule has 5 fully saturated rings. The van der Waals surface area contributed by atoms with E-state index in [4.69, 9.17) is 9.47 Å². The van der Waals surface area contributed by atoms with E-state index < -0.39 is 0 Å². The molecule has 39 heavy (non-hydrogen) atoms. The lowest BCUT2D eigenvalue weighted by atomic mass is 10.2. The highest BCUT2D eigenvalue weighted by atomic mass is 32.2. The topological polar surface area (TPSA) is 42.5 Å². The summed E-state index contributed by atoms with van der Waals surface area (Å²) in [6.07, 6.45) is 15.5. The van der Waals surface area contributed by atoms with Crippen molar-refractivity contribution in [1.29, 1.82) is 0 Å². The molecule has 0 spiro atoms. The van der Waals surface area contributed by atoms with Crippen molar-refractivity contribution in [2.75, 3.05) is 75.6 Å². The summed E-state index contributed by atoms with van der Waals surface area (Å²) in [5.74, 6) is 5.67. The van der Waals surface area contributed by atoms with Gasteiger partial charge < -0.3 is 20.1 Å². The fourth-order valence-electron chi connectivity index (χ4n) is 3.20. The Kier molecular flexibility index (Phi) is 78.6. The number of thioether (sulfide) groups is 2. The van der Waals surface area contributed by atoms with Crippen molar-refractivity contribution in [1.82, 2.24) is 10.6 Å². The van der Waals surface area contributed by atoms with Crippen molar-refractivity contribution in [3.05, 3.63) is 0 Å². The van der Waals surface area contributed by atoms with E-state index in [9.17, 15) is 0 Å². The second kappa shape index (κ2) is 62.2. The molecule has 2 N–H and O–H groups in total. The van der Waals surface area contributed by atoms with Crippen LogP contribution in [0.4, 0.5) is 0 Å². The Balaban J connectivity index is -0.000000114. The highest BCUT2D eigenvalue weighted by molar-refractivity contribution is 7.99. The summed E-state index contributed by atoms with van der Waals surface area (Å²) in [4.78, 5) is 0. The molecule has 5 saturated heterocycles. The maximum atomic E-state index is 5.07. The number of rotatable bonds is 0. The van der Waals surface area contributed by atoms with E-state index in [1.54, 1.807) is 0 Å². The highest BCUT2D eigenvalue weighted by Crippen LogP contribution is 2.15. The maximum Gasteiger partial charge on any atom is 0.0591 e. The zero-order valence-corrected chi connectivity index (χ0v) is 30.5. The van der Waals surface area contributed by atoms with Gasteiger partial charge in [0.1, 0.15) is 0 Å². The molecule has 5 aliphatic heterocycles. The summed E-state index contributed by atoms with van der Waals surface area (Å²) in [7, 11) is 0. The third-order valence-electron chi connectivity index (χ3n) is 5.04. The van der Waals surface area contributed by atoms with Gasteiger partial charge in [-0.15, -0.1) is 0 Å². The zero-order chi connectivity index (χ0) is 30.5. The molecule has 0 atom stereocenters. The molecule has 0 aliphatic carbocycles. The fourth-order valence-corrected chi connectivity index (χ4v) is 5.24. The summed E-state index contributed by atoms with van der Waals surface area (Å²) >= 11 is 4.17. The smallest absolute Gasteiger partial charge is 0.0591 e. The van der Waals surface area contributed by atoms with Crippen molar-refractivity contribution < 1.29 is 9.47 Å². The van der Waals surface area contributed by atoms with Crippen LogP contribution in [0, 0.1) is 0 Å². The predicted molar refractivity (Wildman–Crippen MR) is 190 cm³/mol. The molecular formula is C33H78N2O2S2. The van der Waals surface area contributed by atoms with Gasteiger partial charge in [-0.25, -0.2) is 0 Å². The van der Waals surface area contributed by atoms with Crippen LogP contribution in [0.3, 0.4) is 0 Å². The number of ether oxygens (including phenoxy) is 2. The van der Waals surface area contributed by atoms with Crippen molar-refractivity contribution in [3.63, 3.8) is 0 Å². The Hall–Kier alpha value is 0.540. The van der Waals surface area contributed by atoms with Gasteiger partial charge in [-0.2, -0.15) is 23.5 Å². The standard InChI is InChI=1S/C5H11N.C5H10O.C5H10S.C4H9NO.C4H8S.5C2H6/c3*1-2-4-6-5-3-1;1-3-6-4-2-5-1;1-2-4-5-3-1;5*1-2/h6H,1-5H2;2*1-5H2;5H,1-4H2;1-4H2;5*1-2H3. The molecule has 0 bridgehead atoms. The van der Waals surface area contributed by atoms with Crippen LogP contribution in [0.25, 0.3) is 0 Å². The zero-order valence-electron chi connectivity index (χ0n) is 28.9. The number of nitrogens with one attached hydrogen (secondary N) is 2. The van der Waals surface area contributed by atoms with Crippen molar-refractivity contribution in [2.45, 2.75) is 140 Å². The normalized spacial score (nSPS) is 18.6. The van der Waals surface area contributed by atoms with Crippen LogP contribution in [0.2, 0.25) is 0 Å². The Morgan fingerprint density at radius 2 is 0.641 bits per heavy atom. The number of hydrogen-bond acceptors (Lipinski definition) is 6. The highest BCUT2D eigenvalue weighted by Gasteiger charge is 1.97. The van der Waals surface area contributed by atoms with Crippen LogP contribution in [-0.4, -0.2) is 75.6 Å². The van der Waals surface area contributed by atoms with Gasteiger partial charge in [-0.1, -0.05) is 82.1 Å². The predicted octanol–water partition coefficient (Wildman–Crippen LogP) is 10.1. The maximum absolute atomic E-state index is 5.07. The Morgan fingerprint density at radius 1 is 0.333 bits per heavy atom. The van der Waals surface area contributed by atoms with Gasteiger partial charge in [0.2, 0.25) is 0 Å². The second-order valence-corrected chi connectivity index (χ2v) is 10.3. The van der Waals surface area contributed by atoms with Gasteiger partial charge in [0.15, 0.2) is 0 Å². The quantitative estimate of drug-likeness (QED) is 0.289. The van der Waals surface area contributed by atoms with Gasteiger partial charge >= 0.3 is 0 Å². The molecule has 0 amide bonds. The first-order valence-corrected chi connectivity index (χ1v) is 19.5. The molecule has 244 valence electrons. The Labute approximate surface area is 258 Å². The van der Waals surface area contributed by atoms with Gasteiger partial charge in [0, 0.05) is 26.3 Å². The first-order valence-electron chi connectivity index (χ1n) is 17.2. The summed E-state index contributed by atoms with van der Waals surface area (Å²) in [5.41, 5.74) is 0. The SMILES string of the molecule is C1CCNCC1.C1CCOCC1.C1CCSC1.C1CCSCC1.C1COCCN1.CC.CC.CC.CC.CC. The average Bonchev–Trinajstić information content (AvgIpc) is 3.71. The minimum atomic E-state index is 0.889. The Morgan fingerprint density at radius 3 is 0.769 bits per heavy atom. The van der Waals surface area contributed by atoms with E-state index in [1.807, 2.05) is 69.2 Å². The molecular weight excluding hydrogens is 521 g/mol. The second-order valence-electron chi connectivity index (χ2n) is 7.84. The number of hydrogen-bond donors (Lipinski definition) is 2. The van der Waals surface area contributed by atoms with E-state index in [1.165, 1.54) is 107 Å². The van der Waals surface area contributed by atoms with Gasteiger partial charge in [-0.3, -0.25) is 0 Å². The fraction of sp³-hybridized carbons (Fsp3) is 1.00. The van der Waals surface area contributed by atoms with Crippen LogP contribution >= 0.6 is 23.5 Å². The van der Waals surface area contributed by atoms with Crippen LogP contribution in [0.5, 0.6) is 0 Å². The molecule has 0 unspecified atom stereocenters. The minimum Gasteiger partial charge on any atom is -0.381 e. The van der Waals surface area contributed by atoms with E-state index in [-0.39, 0.29) is 0 Å². The van der Waals surface area contributed by atoms with E-state index in [0.717, 1.165) is 39.5 Å². The lowest BCUT2D eigenvalue weighted by Crippen LogP contribution is -2.30. The van der Waals surface area contributed by atoms with Gasteiger partial charge in [0.05, 0.1) is 13.2 Å².